The molecular formula is C15H22N4O4S2. The van der Waals surface area contributed by atoms with E-state index in [1.165, 1.54) is 23.2 Å². The first-order valence-electron chi connectivity index (χ1n) is 7.86. The van der Waals surface area contributed by atoms with Crippen molar-refractivity contribution in [1.29, 1.82) is 0 Å². The highest BCUT2D eigenvalue weighted by Crippen LogP contribution is 2.17. The Labute approximate surface area is 148 Å². The molecule has 1 heterocycles. The number of guanidine groups is 1. The fraction of sp³-hybridized carbons (Fsp3) is 0.467. The lowest BCUT2D eigenvalue weighted by atomic mass is 10.1. The smallest absolute Gasteiger partial charge is 0.251 e. The van der Waals surface area contributed by atoms with Gasteiger partial charge in [0.2, 0.25) is 5.96 Å². The Hall–Kier alpha value is -1.94. The van der Waals surface area contributed by atoms with Crippen LogP contribution in [0.2, 0.25) is 0 Å². The van der Waals surface area contributed by atoms with Crippen molar-refractivity contribution in [2.24, 2.45) is 16.0 Å². The van der Waals surface area contributed by atoms with E-state index in [0.717, 1.165) is 18.7 Å². The molecular weight excluding hydrogens is 364 g/mol. The van der Waals surface area contributed by atoms with Crippen molar-refractivity contribution in [3.05, 3.63) is 24.3 Å². The lowest BCUT2D eigenvalue weighted by Gasteiger charge is -2.19. The summed E-state index contributed by atoms with van der Waals surface area (Å²) < 4.78 is 51.0. The van der Waals surface area contributed by atoms with Gasteiger partial charge in [-0.1, -0.05) is 13.0 Å². The van der Waals surface area contributed by atoms with Gasteiger partial charge in [0.15, 0.2) is 9.84 Å². The molecule has 2 rings (SSSR count). The zero-order valence-electron chi connectivity index (χ0n) is 14.4. The maximum absolute atomic E-state index is 12.6. The summed E-state index contributed by atoms with van der Waals surface area (Å²) in [6.45, 7) is 4.73. The number of nitrogens with one attached hydrogen (secondary N) is 1. The molecule has 0 radical (unpaired) electrons. The molecule has 1 aromatic rings. The van der Waals surface area contributed by atoms with E-state index >= 15 is 0 Å². The standard InChI is InChI=1S/C15H22N4O4S2/c1-4-12-10-17-19(11-12)15(16-5-2)18-25(22,23)14-8-6-7-13(9-14)24(3,20)21/h6-10,12H,4-5,11H2,1-3H3,(H,16,18). The molecule has 8 nitrogen and oxygen atoms in total. The third kappa shape index (κ3) is 4.79. The zero-order chi connectivity index (χ0) is 18.7. The first kappa shape index (κ1) is 19.4. The first-order chi connectivity index (χ1) is 11.7. The van der Waals surface area contributed by atoms with E-state index in [-0.39, 0.29) is 21.7 Å². The summed E-state index contributed by atoms with van der Waals surface area (Å²) >= 11 is 0. The molecule has 1 atom stereocenters. The van der Waals surface area contributed by atoms with Crippen molar-refractivity contribution < 1.29 is 16.8 Å². The van der Waals surface area contributed by atoms with Crippen LogP contribution in [-0.2, 0) is 19.9 Å². The Balaban J connectivity index is 2.30. The summed E-state index contributed by atoms with van der Waals surface area (Å²) in [6, 6.07) is 5.21. The lowest BCUT2D eigenvalue weighted by molar-refractivity contribution is 0.429. The molecule has 1 aliphatic rings. The van der Waals surface area contributed by atoms with Gasteiger partial charge in [-0.3, -0.25) is 4.99 Å². The number of hydrogen-bond acceptors (Lipinski definition) is 6. The number of benzene rings is 1. The van der Waals surface area contributed by atoms with Gasteiger partial charge in [0.05, 0.1) is 16.3 Å². The SMILES string of the molecule is CCN=C(NS(=O)(=O)c1cccc(S(C)(=O)=O)c1)N1CC(CC)C=N1. The summed E-state index contributed by atoms with van der Waals surface area (Å²) in [5.41, 5.74) is 0. The molecule has 138 valence electrons. The largest absolute Gasteiger partial charge is 0.264 e. The van der Waals surface area contributed by atoms with E-state index in [0.29, 0.717) is 13.1 Å². The number of hydrazone groups is 1. The van der Waals surface area contributed by atoms with Gasteiger partial charge in [-0.05, 0) is 31.5 Å². The van der Waals surface area contributed by atoms with Crippen LogP contribution < -0.4 is 4.72 Å². The Kier molecular flexibility index (Phi) is 5.83. The number of nitrogens with zero attached hydrogens (tertiary/aromatic N) is 3. The van der Waals surface area contributed by atoms with Gasteiger partial charge >= 0.3 is 0 Å². The minimum Gasteiger partial charge on any atom is -0.251 e. The Morgan fingerprint density at radius 1 is 1.28 bits per heavy atom. The lowest BCUT2D eigenvalue weighted by Crippen LogP contribution is -2.41. The van der Waals surface area contributed by atoms with Crippen molar-refractivity contribution >= 4 is 32.0 Å². The molecule has 0 spiro atoms. The molecule has 0 saturated carbocycles. The molecule has 1 unspecified atom stereocenters. The normalized spacial score (nSPS) is 18.6. The van der Waals surface area contributed by atoms with Gasteiger partial charge in [-0.25, -0.2) is 26.6 Å². The molecule has 0 bridgehead atoms. The van der Waals surface area contributed by atoms with E-state index in [2.05, 4.69) is 14.8 Å². The Bertz CT molecular complexity index is 892. The van der Waals surface area contributed by atoms with E-state index in [1.807, 2.05) is 6.92 Å². The topological polar surface area (TPSA) is 108 Å². The average Bonchev–Trinajstić information content (AvgIpc) is 3.03. The highest BCUT2D eigenvalue weighted by Gasteiger charge is 2.25. The van der Waals surface area contributed by atoms with Crippen LogP contribution in [0.15, 0.2) is 44.2 Å². The summed E-state index contributed by atoms with van der Waals surface area (Å²) in [7, 11) is -7.49. The molecule has 0 aromatic heterocycles. The average molecular weight is 386 g/mol. The predicted molar refractivity (Wildman–Crippen MR) is 96.8 cm³/mol. The zero-order valence-corrected chi connectivity index (χ0v) is 16.0. The number of sulfonamides is 1. The van der Waals surface area contributed by atoms with Gasteiger partial charge in [0, 0.05) is 24.9 Å². The second kappa shape index (κ2) is 7.52. The molecule has 10 heteroatoms. The number of hydrogen-bond donors (Lipinski definition) is 1. The van der Waals surface area contributed by atoms with E-state index in [9.17, 15) is 16.8 Å². The number of aliphatic imine (C=N–C) groups is 1. The van der Waals surface area contributed by atoms with E-state index < -0.39 is 19.9 Å². The Morgan fingerprint density at radius 3 is 2.52 bits per heavy atom. The summed E-state index contributed by atoms with van der Waals surface area (Å²) in [4.78, 5) is 3.97. The molecule has 25 heavy (non-hydrogen) atoms. The number of sulfone groups is 1. The van der Waals surface area contributed by atoms with E-state index in [1.54, 1.807) is 13.1 Å². The van der Waals surface area contributed by atoms with Crippen molar-refractivity contribution in [3.8, 4) is 0 Å². The summed E-state index contributed by atoms with van der Waals surface area (Å²) in [5.74, 6) is 0.361. The van der Waals surface area contributed by atoms with Crippen LogP contribution in [-0.4, -0.2) is 53.4 Å². The van der Waals surface area contributed by atoms with Crippen LogP contribution in [0.3, 0.4) is 0 Å². The molecule has 1 N–H and O–H groups in total. The second-order valence-corrected chi connectivity index (χ2v) is 9.36. The summed E-state index contributed by atoms with van der Waals surface area (Å²) in [6.07, 6.45) is 3.69. The fourth-order valence-corrected chi connectivity index (χ4v) is 4.04. The van der Waals surface area contributed by atoms with Crippen molar-refractivity contribution in [2.45, 2.75) is 30.1 Å². The second-order valence-electron chi connectivity index (χ2n) is 5.67. The molecule has 0 fully saturated rings. The van der Waals surface area contributed by atoms with Gasteiger partial charge in [-0.2, -0.15) is 5.10 Å². The molecule has 1 aromatic carbocycles. The van der Waals surface area contributed by atoms with Crippen molar-refractivity contribution in [3.63, 3.8) is 0 Å². The quantitative estimate of drug-likeness (QED) is 0.601. The molecule has 0 aliphatic carbocycles. The maximum Gasteiger partial charge on any atom is 0.264 e. The Morgan fingerprint density at radius 2 is 1.96 bits per heavy atom. The minimum atomic E-state index is -3.99. The maximum atomic E-state index is 12.6. The van der Waals surface area contributed by atoms with Gasteiger partial charge < -0.3 is 0 Å². The highest BCUT2D eigenvalue weighted by molar-refractivity contribution is 7.91. The first-order valence-corrected chi connectivity index (χ1v) is 11.2. The van der Waals surface area contributed by atoms with Crippen LogP contribution in [0, 0.1) is 5.92 Å². The van der Waals surface area contributed by atoms with Crippen molar-refractivity contribution in [2.75, 3.05) is 19.3 Å². The van der Waals surface area contributed by atoms with Crippen LogP contribution in [0.4, 0.5) is 0 Å². The molecule has 1 aliphatic heterocycles. The van der Waals surface area contributed by atoms with Crippen LogP contribution in [0.1, 0.15) is 20.3 Å². The van der Waals surface area contributed by atoms with Gasteiger partial charge in [0.25, 0.3) is 10.0 Å². The molecule has 0 amide bonds. The highest BCUT2D eigenvalue weighted by atomic mass is 32.2. The predicted octanol–water partition coefficient (Wildman–Crippen LogP) is 1.07. The van der Waals surface area contributed by atoms with Gasteiger partial charge in [-0.15, -0.1) is 0 Å². The monoisotopic (exact) mass is 386 g/mol. The van der Waals surface area contributed by atoms with Crippen LogP contribution >= 0.6 is 0 Å². The van der Waals surface area contributed by atoms with Crippen LogP contribution in [0.5, 0.6) is 0 Å². The van der Waals surface area contributed by atoms with Crippen molar-refractivity contribution in [1.82, 2.24) is 9.73 Å². The third-order valence-corrected chi connectivity index (χ3v) is 6.11. The van der Waals surface area contributed by atoms with E-state index in [4.69, 9.17) is 0 Å². The fourth-order valence-electron chi connectivity index (χ4n) is 2.23. The third-order valence-electron chi connectivity index (χ3n) is 3.67. The summed E-state index contributed by atoms with van der Waals surface area (Å²) in [5, 5.41) is 5.71. The van der Waals surface area contributed by atoms with Crippen LogP contribution in [0.25, 0.3) is 0 Å². The van der Waals surface area contributed by atoms with Gasteiger partial charge in [0.1, 0.15) is 0 Å². The number of rotatable bonds is 5. The minimum absolute atomic E-state index is 0.0606. The molecule has 0 saturated heterocycles.